The summed E-state index contributed by atoms with van der Waals surface area (Å²) in [6.45, 7) is 1.81. The Kier molecular flexibility index (Phi) is 7.13. The van der Waals surface area contributed by atoms with Crippen LogP contribution in [0.3, 0.4) is 0 Å². The highest BCUT2D eigenvalue weighted by molar-refractivity contribution is 7.89. The molecule has 0 saturated heterocycles. The number of sulfonamides is 1. The van der Waals surface area contributed by atoms with Gasteiger partial charge in [0, 0.05) is 6.07 Å². The van der Waals surface area contributed by atoms with Crippen molar-refractivity contribution in [2.24, 2.45) is 0 Å². The van der Waals surface area contributed by atoms with Gasteiger partial charge in [-0.05, 0) is 36.2 Å². The SMILES string of the molecule is CCCc1ccc(S(=O)(=O)NCC#CCOc2ccc(F)cc2F)cc1. The first-order chi connectivity index (χ1) is 12.4. The zero-order valence-corrected chi connectivity index (χ0v) is 15.1. The Hall–Kier alpha value is -2.43. The maximum absolute atomic E-state index is 13.3. The second kappa shape index (κ2) is 9.32. The van der Waals surface area contributed by atoms with E-state index in [1.54, 1.807) is 24.3 Å². The van der Waals surface area contributed by atoms with Crippen LogP contribution in [0.4, 0.5) is 8.78 Å². The van der Waals surface area contributed by atoms with Gasteiger partial charge in [0.2, 0.25) is 10.0 Å². The second-order valence-corrected chi connectivity index (χ2v) is 7.20. The third kappa shape index (κ3) is 5.83. The molecule has 0 bridgehead atoms. The molecular formula is C19H19F2NO3S. The van der Waals surface area contributed by atoms with Crippen LogP contribution < -0.4 is 9.46 Å². The fourth-order valence-electron chi connectivity index (χ4n) is 2.16. The Morgan fingerprint density at radius 3 is 2.46 bits per heavy atom. The van der Waals surface area contributed by atoms with Gasteiger partial charge in [0.1, 0.15) is 12.4 Å². The number of halogens is 2. The summed E-state index contributed by atoms with van der Waals surface area (Å²) in [5.41, 5.74) is 1.08. The topological polar surface area (TPSA) is 55.4 Å². The van der Waals surface area contributed by atoms with Gasteiger partial charge in [-0.1, -0.05) is 37.3 Å². The summed E-state index contributed by atoms with van der Waals surface area (Å²) in [5.74, 6) is 3.51. The predicted octanol–water partition coefficient (Wildman–Crippen LogP) is 3.28. The minimum Gasteiger partial charge on any atom is -0.478 e. The van der Waals surface area contributed by atoms with E-state index in [0.717, 1.165) is 30.5 Å². The average molecular weight is 379 g/mol. The van der Waals surface area contributed by atoms with Crippen LogP contribution in [0.5, 0.6) is 5.75 Å². The van der Waals surface area contributed by atoms with Gasteiger partial charge in [0.25, 0.3) is 0 Å². The lowest BCUT2D eigenvalue weighted by molar-refractivity contribution is 0.346. The van der Waals surface area contributed by atoms with Crippen molar-refractivity contribution in [3.05, 3.63) is 59.7 Å². The van der Waals surface area contributed by atoms with Gasteiger partial charge in [-0.2, -0.15) is 4.72 Å². The van der Waals surface area contributed by atoms with Crippen molar-refractivity contribution in [3.8, 4) is 17.6 Å². The third-order valence-electron chi connectivity index (χ3n) is 3.44. The van der Waals surface area contributed by atoms with Crippen molar-refractivity contribution in [2.45, 2.75) is 24.7 Å². The molecule has 0 aliphatic carbocycles. The number of hydrogen-bond acceptors (Lipinski definition) is 3. The normalized spacial score (nSPS) is 10.9. The molecule has 0 aromatic heterocycles. The summed E-state index contributed by atoms with van der Waals surface area (Å²) in [6.07, 6.45) is 1.89. The fourth-order valence-corrected chi connectivity index (χ4v) is 3.08. The minimum atomic E-state index is -3.64. The maximum Gasteiger partial charge on any atom is 0.241 e. The van der Waals surface area contributed by atoms with Crippen molar-refractivity contribution in [2.75, 3.05) is 13.2 Å². The highest BCUT2D eigenvalue weighted by Gasteiger charge is 2.12. The van der Waals surface area contributed by atoms with E-state index < -0.39 is 21.7 Å². The molecule has 7 heteroatoms. The van der Waals surface area contributed by atoms with Gasteiger partial charge in [-0.3, -0.25) is 0 Å². The van der Waals surface area contributed by atoms with Crippen LogP contribution in [-0.2, 0) is 16.4 Å². The zero-order chi connectivity index (χ0) is 19.0. The van der Waals surface area contributed by atoms with E-state index in [2.05, 4.69) is 23.5 Å². The van der Waals surface area contributed by atoms with Crippen LogP contribution in [0, 0.1) is 23.5 Å². The molecule has 0 aliphatic heterocycles. The first-order valence-corrected chi connectivity index (χ1v) is 9.53. The molecule has 2 aromatic rings. The minimum absolute atomic E-state index is 0.103. The van der Waals surface area contributed by atoms with Crippen LogP contribution in [-0.4, -0.2) is 21.6 Å². The Balaban J connectivity index is 1.84. The molecule has 0 saturated carbocycles. The number of aryl methyl sites for hydroxylation is 1. The van der Waals surface area contributed by atoms with Crippen LogP contribution in [0.15, 0.2) is 47.4 Å². The summed E-state index contributed by atoms with van der Waals surface area (Å²) in [4.78, 5) is 0.170. The number of rotatable bonds is 7. The van der Waals surface area contributed by atoms with E-state index in [4.69, 9.17) is 4.74 Å². The monoisotopic (exact) mass is 379 g/mol. The summed E-state index contributed by atoms with van der Waals surface area (Å²) in [5, 5.41) is 0. The maximum atomic E-state index is 13.3. The van der Waals surface area contributed by atoms with Gasteiger partial charge >= 0.3 is 0 Å². The molecule has 26 heavy (non-hydrogen) atoms. The Labute approximate surface area is 152 Å². The van der Waals surface area contributed by atoms with Crippen LogP contribution in [0.2, 0.25) is 0 Å². The number of nitrogens with one attached hydrogen (secondary N) is 1. The molecule has 4 nitrogen and oxygen atoms in total. The zero-order valence-electron chi connectivity index (χ0n) is 14.3. The molecule has 138 valence electrons. The first-order valence-electron chi connectivity index (χ1n) is 8.04. The predicted molar refractivity (Wildman–Crippen MR) is 95.3 cm³/mol. The smallest absolute Gasteiger partial charge is 0.241 e. The fraction of sp³-hybridized carbons (Fsp3) is 0.263. The molecule has 0 radical (unpaired) electrons. The van der Waals surface area contributed by atoms with Crippen LogP contribution in [0.1, 0.15) is 18.9 Å². The standard InChI is InChI=1S/C19H19F2NO3S/c1-2-5-15-6-9-17(10-7-15)26(23,24)22-12-3-4-13-25-19-11-8-16(20)14-18(19)21/h6-11,14,22H,2,5,12-13H2,1H3. The lowest BCUT2D eigenvalue weighted by Crippen LogP contribution is -2.24. The van der Waals surface area contributed by atoms with Crippen LogP contribution in [0.25, 0.3) is 0 Å². The van der Waals surface area contributed by atoms with Crippen molar-refractivity contribution in [1.29, 1.82) is 0 Å². The molecule has 1 N–H and O–H groups in total. The summed E-state index contributed by atoms with van der Waals surface area (Å²) < 4.78 is 57.8. The van der Waals surface area contributed by atoms with E-state index >= 15 is 0 Å². The quantitative estimate of drug-likeness (QED) is 0.751. The largest absolute Gasteiger partial charge is 0.478 e. The first kappa shape index (κ1) is 19.9. The molecule has 0 unspecified atom stereocenters. The van der Waals surface area contributed by atoms with Gasteiger partial charge < -0.3 is 4.74 Å². The molecule has 0 atom stereocenters. The van der Waals surface area contributed by atoms with Crippen molar-refractivity contribution in [1.82, 2.24) is 4.72 Å². The molecule has 2 rings (SSSR count). The molecule has 0 spiro atoms. The van der Waals surface area contributed by atoms with Crippen LogP contribution >= 0.6 is 0 Å². The Morgan fingerprint density at radius 2 is 1.81 bits per heavy atom. The summed E-state index contributed by atoms with van der Waals surface area (Å²) >= 11 is 0. The Bertz CT molecular complexity index is 901. The van der Waals surface area contributed by atoms with Crippen molar-refractivity contribution >= 4 is 10.0 Å². The van der Waals surface area contributed by atoms with E-state index in [1.807, 2.05) is 0 Å². The molecule has 0 fully saturated rings. The summed E-state index contributed by atoms with van der Waals surface area (Å²) in [7, 11) is -3.64. The van der Waals surface area contributed by atoms with Gasteiger partial charge in [0.15, 0.2) is 11.6 Å². The molecule has 0 aliphatic rings. The van der Waals surface area contributed by atoms with E-state index in [0.29, 0.717) is 6.07 Å². The highest BCUT2D eigenvalue weighted by Crippen LogP contribution is 2.17. The lowest BCUT2D eigenvalue weighted by Gasteiger charge is -2.05. The average Bonchev–Trinajstić information content (AvgIpc) is 2.60. The summed E-state index contributed by atoms with van der Waals surface area (Å²) in [6, 6.07) is 9.64. The number of benzene rings is 2. The van der Waals surface area contributed by atoms with Gasteiger partial charge in [-0.15, -0.1) is 0 Å². The molecular weight excluding hydrogens is 360 g/mol. The van der Waals surface area contributed by atoms with E-state index in [1.165, 1.54) is 0 Å². The van der Waals surface area contributed by atoms with Crippen molar-refractivity contribution in [3.63, 3.8) is 0 Å². The number of ether oxygens (including phenoxy) is 1. The van der Waals surface area contributed by atoms with Gasteiger partial charge in [-0.25, -0.2) is 17.2 Å². The van der Waals surface area contributed by atoms with Crippen molar-refractivity contribution < 1.29 is 21.9 Å². The number of hydrogen-bond donors (Lipinski definition) is 1. The van der Waals surface area contributed by atoms with E-state index in [9.17, 15) is 17.2 Å². The molecule has 2 aromatic carbocycles. The lowest BCUT2D eigenvalue weighted by atomic mass is 10.1. The van der Waals surface area contributed by atoms with Gasteiger partial charge in [0.05, 0.1) is 11.4 Å². The Morgan fingerprint density at radius 1 is 1.08 bits per heavy atom. The molecule has 0 heterocycles. The molecule has 0 amide bonds. The van der Waals surface area contributed by atoms with E-state index in [-0.39, 0.29) is 23.8 Å². The highest BCUT2D eigenvalue weighted by atomic mass is 32.2. The second-order valence-electron chi connectivity index (χ2n) is 5.44. The third-order valence-corrected chi connectivity index (χ3v) is 4.86.